The Labute approximate surface area is 206 Å². The third-order valence-corrected chi connectivity index (χ3v) is 5.50. The van der Waals surface area contributed by atoms with Gasteiger partial charge in [0.15, 0.2) is 11.5 Å². The van der Waals surface area contributed by atoms with Crippen LogP contribution in [-0.4, -0.2) is 29.6 Å². The Balaban J connectivity index is 1.54. The molecule has 9 heteroatoms. The van der Waals surface area contributed by atoms with Crippen LogP contribution in [0.4, 0.5) is 15.9 Å². The van der Waals surface area contributed by atoms with Gasteiger partial charge >= 0.3 is 0 Å². The number of ether oxygens (including phenoxy) is 3. The van der Waals surface area contributed by atoms with Crippen molar-refractivity contribution in [2.24, 2.45) is 0 Å². The van der Waals surface area contributed by atoms with E-state index in [-0.39, 0.29) is 12.4 Å². The van der Waals surface area contributed by atoms with Crippen molar-refractivity contribution in [2.75, 3.05) is 24.9 Å². The standard InChI is InChI=1S/C25H22Cl2FN3O3/c1-32-23-13-21-19(12-24(23)33-9-3-8-26)25(30-15-29-21)31-18-6-7-22(20(27)11-18)34-14-16-4-2-5-17(28)10-16/h2,4-7,10-13,15H,3,8-9,14H2,1H3,(H,29,30,31). The molecule has 0 amide bonds. The maximum Gasteiger partial charge on any atom is 0.162 e. The maximum atomic E-state index is 13.4. The van der Waals surface area contributed by atoms with Gasteiger partial charge in [0.1, 0.15) is 30.3 Å². The number of hydrogen-bond acceptors (Lipinski definition) is 6. The highest BCUT2D eigenvalue weighted by molar-refractivity contribution is 6.32. The lowest BCUT2D eigenvalue weighted by molar-refractivity contribution is 0.295. The smallest absolute Gasteiger partial charge is 0.162 e. The first-order valence-corrected chi connectivity index (χ1v) is 11.4. The molecule has 0 aliphatic heterocycles. The van der Waals surface area contributed by atoms with Gasteiger partial charge in [-0.1, -0.05) is 23.7 Å². The topological polar surface area (TPSA) is 65.5 Å². The Morgan fingerprint density at radius 3 is 2.62 bits per heavy atom. The van der Waals surface area contributed by atoms with Crippen molar-refractivity contribution in [1.29, 1.82) is 0 Å². The molecule has 0 aliphatic rings. The highest BCUT2D eigenvalue weighted by Gasteiger charge is 2.13. The maximum absolute atomic E-state index is 13.4. The number of aromatic nitrogens is 2. The average Bonchev–Trinajstić information content (AvgIpc) is 2.83. The van der Waals surface area contributed by atoms with Crippen LogP contribution in [-0.2, 0) is 6.61 Å². The SMILES string of the molecule is COc1cc2ncnc(Nc3ccc(OCc4cccc(F)c4)c(Cl)c3)c2cc1OCCCCl. The van der Waals surface area contributed by atoms with Crippen molar-refractivity contribution in [2.45, 2.75) is 13.0 Å². The normalized spacial score (nSPS) is 10.8. The summed E-state index contributed by atoms with van der Waals surface area (Å²) in [7, 11) is 1.58. The van der Waals surface area contributed by atoms with Gasteiger partial charge in [0.2, 0.25) is 0 Å². The van der Waals surface area contributed by atoms with Gasteiger partial charge in [0.05, 0.1) is 24.3 Å². The van der Waals surface area contributed by atoms with Crippen molar-refractivity contribution in [3.8, 4) is 17.2 Å². The highest BCUT2D eigenvalue weighted by atomic mass is 35.5. The second-order valence-corrected chi connectivity index (χ2v) is 8.11. The molecule has 176 valence electrons. The van der Waals surface area contributed by atoms with E-state index in [9.17, 15) is 4.39 Å². The number of rotatable bonds is 10. The summed E-state index contributed by atoms with van der Waals surface area (Å²) in [5.41, 5.74) is 2.12. The van der Waals surface area contributed by atoms with Gasteiger partial charge in [-0.3, -0.25) is 0 Å². The van der Waals surface area contributed by atoms with Crippen LogP contribution >= 0.6 is 23.2 Å². The first-order valence-electron chi connectivity index (χ1n) is 10.5. The number of methoxy groups -OCH3 is 1. The number of anilines is 2. The number of hydrogen-bond donors (Lipinski definition) is 1. The van der Waals surface area contributed by atoms with E-state index in [0.29, 0.717) is 63.8 Å². The van der Waals surface area contributed by atoms with Gasteiger partial charge in [-0.15, -0.1) is 11.6 Å². The van der Waals surface area contributed by atoms with E-state index in [2.05, 4.69) is 15.3 Å². The third-order valence-electron chi connectivity index (χ3n) is 4.93. The molecule has 6 nitrogen and oxygen atoms in total. The molecular weight excluding hydrogens is 480 g/mol. The van der Waals surface area contributed by atoms with Gasteiger partial charge in [-0.05, 0) is 48.4 Å². The zero-order valence-corrected chi connectivity index (χ0v) is 19.9. The molecule has 0 saturated carbocycles. The number of fused-ring (bicyclic) bond motifs is 1. The molecule has 0 bridgehead atoms. The van der Waals surface area contributed by atoms with Gasteiger partial charge in [0, 0.05) is 23.0 Å². The number of halogens is 3. The average molecular weight is 502 g/mol. The Kier molecular flexibility index (Phi) is 7.87. The molecule has 0 spiro atoms. The molecule has 1 heterocycles. The largest absolute Gasteiger partial charge is 0.493 e. The fourth-order valence-corrected chi connectivity index (χ4v) is 3.64. The molecule has 4 rings (SSSR count). The Morgan fingerprint density at radius 1 is 0.971 bits per heavy atom. The van der Waals surface area contributed by atoms with E-state index in [1.807, 2.05) is 12.1 Å². The Morgan fingerprint density at radius 2 is 1.85 bits per heavy atom. The monoisotopic (exact) mass is 501 g/mol. The van der Waals surface area contributed by atoms with Crippen LogP contribution in [0.15, 0.2) is 60.9 Å². The second-order valence-electron chi connectivity index (χ2n) is 7.32. The van der Waals surface area contributed by atoms with Crippen molar-refractivity contribution in [1.82, 2.24) is 9.97 Å². The summed E-state index contributed by atoms with van der Waals surface area (Å²) in [6.07, 6.45) is 2.18. The van der Waals surface area contributed by atoms with Crippen LogP contribution in [0, 0.1) is 5.82 Å². The van der Waals surface area contributed by atoms with Crippen molar-refractivity contribution < 1.29 is 18.6 Å². The highest BCUT2D eigenvalue weighted by Crippen LogP contribution is 2.36. The summed E-state index contributed by atoms with van der Waals surface area (Å²) in [5, 5.41) is 4.44. The summed E-state index contributed by atoms with van der Waals surface area (Å²) in [6, 6.07) is 15.2. The van der Waals surface area contributed by atoms with Crippen molar-refractivity contribution >= 4 is 45.6 Å². The van der Waals surface area contributed by atoms with Crippen molar-refractivity contribution in [3.63, 3.8) is 0 Å². The van der Waals surface area contributed by atoms with Crippen LogP contribution in [0.1, 0.15) is 12.0 Å². The second kappa shape index (κ2) is 11.2. The number of alkyl halides is 1. The van der Waals surface area contributed by atoms with Gasteiger partial charge in [-0.2, -0.15) is 0 Å². The molecular formula is C25H22Cl2FN3O3. The van der Waals surface area contributed by atoms with Crippen LogP contribution in [0.25, 0.3) is 10.9 Å². The van der Waals surface area contributed by atoms with Crippen LogP contribution in [0.2, 0.25) is 5.02 Å². The number of nitrogens with one attached hydrogen (secondary N) is 1. The summed E-state index contributed by atoms with van der Waals surface area (Å²) in [4.78, 5) is 8.72. The minimum Gasteiger partial charge on any atom is -0.493 e. The predicted molar refractivity (Wildman–Crippen MR) is 132 cm³/mol. The van der Waals surface area contributed by atoms with Gasteiger partial charge < -0.3 is 19.5 Å². The lowest BCUT2D eigenvalue weighted by Crippen LogP contribution is -2.02. The molecule has 0 atom stereocenters. The molecule has 0 unspecified atom stereocenters. The molecule has 0 saturated heterocycles. The molecule has 0 aliphatic carbocycles. The van der Waals surface area contributed by atoms with Crippen molar-refractivity contribution in [3.05, 3.63) is 77.3 Å². The first-order chi connectivity index (χ1) is 16.6. The van der Waals surface area contributed by atoms with E-state index in [4.69, 9.17) is 37.4 Å². The summed E-state index contributed by atoms with van der Waals surface area (Å²) in [6.45, 7) is 0.670. The first kappa shape index (κ1) is 23.9. The fourth-order valence-electron chi connectivity index (χ4n) is 3.29. The van der Waals surface area contributed by atoms with E-state index in [0.717, 1.165) is 5.39 Å². The summed E-state index contributed by atoms with van der Waals surface area (Å²) in [5.74, 6) is 2.43. The van der Waals surface area contributed by atoms with Gasteiger partial charge in [-0.25, -0.2) is 14.4 Å². The number of benzene rings is 3. The summed E-state index contributed by atoms with van der Waals surface area (Å²) < 4.78 is 30.4. The minimum absolute atomic E-state index is 0.204. The quantitative estimate of drug-likeness (QED) is 0.191. The van der Waals surface area contributed by atoms with E-state index in [1.54, 1.807) is 37.4 Å². The van der Waals surface area contributed by atoms with E-state index >= 15 is 0 Å². The van der Waals surface area contributed by atoms with Gasteiger partial charge in [0.25, 0.3) is 0 Å². The Bertz CT molecular complexity index is 1290. The third kappa shape index (κ3) is 5.79. The number of nitrogens with zero attached hydrogens (tertiary/aromatic N) is 2. The zero-order valence-electron chi connectivity index (χ0n) is 18.4. The van der Waals surface area contributed by atoms with E-state index < -0.39 is 0 Å². The molecule has 34 heavy (non-hydrogen) atoms. The minimum atomic E-state index is -0.311. The Hall–Kier alpha value is -3.29. The fraction of sp³-hybridized carbons (Fsp3) is 0.200. The van der Waals surface area contributed by atoms with Crippen LogP contribution in [0.3, 0.4) is 0 Å². The zero-order chi connectivity index (χ0) is 23.9. The summed E-state index contributed by atoms with van der Waals surface area (Å²) >= 11 is 12.2. The molecule has 1 N–H and O–H groups in total. The molecule has 3 aromatic carbocycles. The van der Waals surface area contributed by atoms with Crippen LogP contribution in [0.5, 0.6) is 17.2 Å². The molecule has 1 aromatic heterocycles. The lowest BCUT2D eigenvalue weighted by atomic mass is 10.2. The predicted octanol–water partition coefficient (Wildman–Crippen LogP) is 6.76. The molecule has 0 fully saturated rings. The van der Waals surface area contributed by atoms with E-state index in [1.165, 1.54) is 18.5 Å². The van der Waals surface area contributed by atoms with Crippen LogP contribution < -0.4 is 19.5 Å². The lowest BCUT2D eigenvalue weighted by Gasteiger charge is -2.14. The molecule has 0 radical (unpaired) electrons. The molecule has 4 aromatic rings.